The third-order valence-corrected chi connectivity index (χ3v) is 7.37. The van der Waals surface area contributed by atoms with E-state index < -0.39 is 10.0 Å². The Morgan fingerprint density at radius 3 is 2.96 bits per heavy atom. The molecule has 2 aromatic rings. The second-order valence-electron chi connectivity index (χ2n) is 5.26. The number of ether oxygens (including phenoxy) is 1. The smallest absolute Gasteiger partial charge is 0.256 e. The first-order valence-electron chi connectivity index (χ1n) is 7.43. The first kappa shape index (κ1) is 16.4. The molecule has 23 heavy (non-hydrogen) atoms. The molecule has 0 radical (unpaired) electrons. The van der Waals surface area contributed by atoms with E-state index in [1.807, 2.05) is 0 Å². The van der Waals surface area contributed by atoms with Crippen LogP contribution in [0.1, 0.15) is 18.8 Å². The molecule has 9 heteroatoms. The van der Waals surface area contributed by atoms with Gasteiger partial charge in [0.1, 0.15) is 11.6 Å². The molecule has 0 saturated carbocycles. The summed E-state index contributed by atoms with van der Waals surface area (Å²) in [5.74, 6) is 1.20. The number of aromatic amines is 1. The molecule has 0 unspecified atom stereocenters. The SMILES string of the molecule is CCN1CCN(S(=O)(=O)c2sccc2OC)C[C@H]1c1ncc[nH]1. The van der Waals surface area contributed by atoms with Crippen LogP contribution >= 0.6 is 11.3 Å². The number of thiophene rings is 1. The molecule has 0 amide bonds. The number of methoxy groups -OCH3 is 1. The largest absolute Gasteiger partial charge is 0.494 e. The van der Waals surface area contributed by atoms with Crippen molar-refractivity contribution >= 4 is 21.4 Å². The number of hydrogen-bond acceptors (Lipinski definition) is 6. The van der Waals surface area contributed by atoms with Crippen molar-refractivity contribution in [3.05, 3.63) is 29.7 Å². The van der Waals surface area contributed by atoms with Crippen LogP contribution < -0.4 is 4.74 Å². The first-order chi connectivity index (χ1) is 11.1. The summed E-state index contributed by atoms with van der Waals surface area (Å²) in [5.41, 5.74) is 0. The van der Waals surface area contributed by atoms with Gasteiger partial charge in [0.2, 0.25) is 0 Å². The molecule has 1 N–H and O–H groups in total. The highest BCUT2D eigenvalue weighted by Gasteiger charge is 2.37. The molecule has 1 atom stereocenters. The topological polar surface area (TPSA) is 78.5 Å². The molecule has 0 spiro atoms. The Hall–Kier alpha value is -1.42. The fourth-order valence-corrected chi connectivity index (χ4v) is 5.70. The van der Waals surface area contributed by atoms with E-state index in [0.29, 0.717) is 25.4 Å². The van der Waals surface area contributed by atoms with Crippen molar-refractivity contribution in [2.45, 2.75) is 17.2 Å². The van der Waals surface area contributed by atoms with Crippen molar-refractivity contribution in [3.8, 4) is 5.75 Å². The summed E-state index contributed by atoms with van der Waals surface area (Å²) in [7, 11) is -2.07. The van der Waals surface area contributed by atoms with Gasteiger partial charge in [-0.15, -0.1) is 11.3 Å². The van der Waals surface area contributed by atoms with E-state index >= 15 is 0 Å². The van der Waals surface area contributed by atoms with Crippen molar-refractivity contribution in [2.75, 3.05) is 33.3 Å². The molecule has 1 aliphatic heterocycles. The van der Waals surface area contributed by atoms with Crippen molar-refractivity contribution in [2.24, 2.45) is 0 Å². The van der Waals surface area contributed by atoms with E-state index in [1.54, 1.807) is 23.8 Å². The fourth-order valence-electron chi connectivity index (χ4n) is 2.85. The number of rotatable bonds is 5. The number of H-pyrrole nitrogens is 1. The number of aromatic nitrogens is 2. The van der Waals surface area contributed by atoms with Crippen LogP contribution in [0, 0.1) is 0 Å². The maximum Gasteiger partial charge on any atom is 0.256 e. The minimum absolute atomic E-state index is 0.0653. The van der Waals surface area contributed by atoms with Crippen LogP contribution in [0.3, 0.4) is 0 Å². The highest BCUT2D eigenvalue weighted by molar-refractivity contribution is 7.91. The second-order valence-corrected chi connectivity index (χ2v) is 8.31. The van der Waals surface area contributed by atoms with Gasteiger partial charge in [0, 0.05) is 32.0 Å². The number of nitrogens with one attached hydrogen (secondary N) is 1. The third-order valence-electron chi connectivity index (χ3n) is 4.08. The molecular formula is C14H20N4O3S2. The highest BCUT2D eigenvalue weighted by atomic mass is 32.2. The molecule has 3 rings (SSSR count). The van der Waals surface area contributed by atoms with Crippen LogP contribution in [0.5, 0.6) is 5.75 Å². The van der Waals surface area contributed by atoms with Crippen LogP contribution in [-0.4, -0.2) is 60.9 Å². The molecule has 126 valence electrons. The van der Waals surface area contributed by atoms with Crippen LogP contribution in [-0.2, 0) is 10.0 Å². The number of nitrogens with zero attached hydrogens (tertiary/aromatic N) is 3. The molecular weight excluding hydrogens is 336 g/mol. The van der Waals surface area contributed by atoms with E-state index in [4.69, 9.17) is 4.74 Å². The monoisotopic (exact) mass is 356 g/mol. The number of imidazole rings is 1. The molecule has 3 heterocycles. The van der Waals surface area contributed by atoms with Gasteiger partial charge in [-0.1, -0.05) is 6.92 Å². The Kier molecular flexibility index (Phi) is 4.72. The van der Waals surface area contributed by atoms with Gasteiger partial charge in [0.15, 0.2) is 4.21 Å². The molecule has 0 bridgehead atoms. The molecule has 0 aliphatic carbocycles. The van der Waals surface area contributed by atoms with Gasteiger partial charge in [-0.05, 0) is 18.0 Å². The third kappa shape index (κ3) is 3.01. The lowest BCUT2D eigenvalue weighted by atomic mass is 10.2. The number of hydrogen-bond donors (Lipinski definition) is 1. The normalized spacial score (nSPS) is 20.7. The number of likely N-dealkylation sites (N-methyl/N-ethyl adjacent to an activating group) is 1. The fraction of sp³-hybridized carbons (Fsp3) is 0.500. The summed E-state index contributed by atoms with van der Waals surface area (Å²) < 4.78 is 32.9. The van der Waals surface area contributed by atoms with Crippen molar-refractivity contribution < 1.29 is 13.2 Å². The zero-order valence-electron chi connectivity index (χ0n) is 13.1. The van der Waals surface area contributed by atoms with Gasteiger partial charge in [-0.25, -0.2) is 13.4 Å². The molecule has 7 nitrogen and oxygen atoms in total. The van der Waals surface area contributed by atoms with Crippen LogP contribution in [0.15, 0.2) is 28.0 Å². The Balaban J connectivity index is 1.89. The molecule has 2 aromatic heterocycles. The zero-order valence-corrected chi connectivity index (χ0v) is 14.7. The molecule has 0 aromatic carbocycles. The van der Waals surface area contributed by atoms with E-state index in [-0.39, 0.29) is 10.3 Å². The second kappa shape index (κ2) is 6.60. The van der Waals surface area contributed by atoms with E-state index in [0.717, 1.165) is 12.4 Å². The highest BCUT2D eigenvalue weighted by Crippen LogP contribution is 2.34. The summed E-state index contributed by atoms with van der Waals surface area (Å²) >= 11 is 1.19. The summed E-state index contributed by atoms with van der Waals surface area (Å²) in [6.45, 7) is 4.44. The number of piperazine rings is 1. The van der Waals surface area contributed by atoms with Crippen molar-refractivity contribution in [1.82, 2.24) is 19.2 Å². The lowest BCUT2D eigenvalue weighted by Gasteiger charge is -2.39. The predicted molar refractivity (Wildman–Crippen MR) is 88.2 cm³/mol. The van der Waals surface area contributed by atoms with Crippen LogP contribution in [0.2, 0.25) is 0 Å². The summed E-state index contributed by atoms with van der Waals surface area (Å²) in [6.07, 6.45) is 3.46. The summed E-state index contributed by atoms with van der Waals surface area (Å²) in [6, 6.07) is 1.62. The molecule has 1 aliphatic rings. The zero-order chi connectivity index (χ0) is 16.4. The molecule has 1 saturated heterocycles. The predicted octanol–water partition coefficient (Wildman–Crippen LogP) is 1.55. The van der Waals surface area contributed by atoms with Crippen molar-refractivity contribution in [3.63, 3.8) is 0 Å². The average Bonchev–Trinajstić information content (AvgIpc) is 3.25. The lowest BCUT2D eigenvalue weighted by Crippen LogP contribution is -2.50. The molecule has 1 fully saturated rings. The summed E-state index contributed by atoms with van der Waals surface area (Å²) in [5, 5.41) is 1.73. The first-order valence-corrected chi connectivity index (χ1v) is 9.74. The van der Waals surface area contributed by atoms with Crippen LogP contribution in [0.4, 0.5) is 0 Å². The van der Waals surface area contributed by atoms with E-state index in [1.165, 1.54) is 22.8 Å². The van der Waals surface area contributed by atoms with Gasteiger partial charge >= 0.3 is 0 Å². The van der Waals surface area contributed by atoms with Gasteiger partial charge in [-0.2, -0.15) is 4.31 Å². The number of sulfonamides is 1. The van der Waals surface area contributed by atoms with Crippen molar-refractivity contribution in [1.29, 1.82) is 0 Å². The van der Waals surface area contributed by atoms with Crippen LogP contribution in [0.25, 0.3) is 0 Å². The summed E-state index contributed by atoms with van der Waals surface area (Å²) in [4.78, 5) is 9.65. The Morgan fingerprint density at radius 1 is 1.48 bits per heavy atom. The average molecular weight is 356 g/mol. The van der Waals surface area contributed by atoms with Gasteiger partial charge in [-0.3, -0.25) is 4.90 Å². The van der Waals surface area contributed by atoms with E-state index in [2.05, 4.69) is 21.8 Å². The minimum atomic E-state index is -3.56. The standard InChI is InChI=1S/C14H20N4O3S2/c1-3-17-7-8-18(10-11(17)13-15-5-6-16-13)23(19,20)14-12(21-2)4-9-22-14/h4-6,9,11H,3,7-8,10H2,1-2H3,(H,15,16)/t11-/m0/s1. The van der Waals surface area contributed by atoms with Gasteiger partial charge in [0.25, 0.3) is 10.0 Å². The quantitative estimate of drug-likeness (QED) is 0.879. The lowest BCUT2D eigenvalue weighted by molar-refractivity contribution is 0.119. The Bertz CT molecular complexity index is 742. The maximum absolute atomic E-state index is 12.9. The Morgan fingerprint density at radius 2 is 2.30 bits per heavy atom. The van der Waals surface area contributed by atoms with Gasteiger partial charge in [0.05, 0.1) is 13.2 Å². The Labute approximate surface area is 140 Å². The maximum atomic E-state index is 12.9. The van der Waals surface area contributed by atoms with E-state index in [9.17, 15) is 8.42 Å². The van der Waals surface area contributed by atoms with Gasteiger partial charge < -0.3 is 9.72 Å². The minimum Gasteiger partial charge on any atom is -0.494 e.